The number of nitrogens with one attached hydrogen (secondary N) is 1. The Balaban J connectivity index is 0.00000196. The topological polar surface area (TPSA) is 30.5 Å². The number of rotatable bonds is 5. The minimum atomic E-state index is 0. The van der Waals surface area contributed by atoms with Gasteiger partial charge in [-0.15, -0.1) is 12.4 Å². The number of methoxy groups -OCH3 is 2. The van der Waals surface area contributed by atoms with Crippen molar-refractivity contribution in [3.8, 4) is 11.5 Å². The molecule has 0 radical (unpaired) electrons. The first-order valence-electron chi connectivity index (χ1n) is 4.66. The second kappa shape index (κ2) is 7.37. The summed E-state index contributed by atoms with van der Waals surface area (Å²) in [6, 6.07) is 5.93. The summed E-state index contributed by atoms with van der Waals surface area (Å²) in [6.45, 7) is 0.955. The average Bonchev–Trinajstić information content (AvgIpc) is 2.25. The highest BCUT2D eigenvalue weighted by atomic mass is 35.5. The Morgan fingerprint density at radius 1 is 1.07 bits per heavy atom. The van der Waals surface area contributed by atoms with Gasteiger partial charge in [0.1, 0.15) is 11.5 Å². The highest BCUT2D eigenvalue weighted by Gasteiger charge is 2.00. The van der Waals surface area contributed by atoms with Crippen molar-refractivity contribution in [3.63, 3.8) is 0 Å². The Hall–Kier alpha value is -0.930. The Kier molecular flexibility index (Phi) is 6.92. The number of hydrogen-bond acceptors (Lipinski definition) is 3. The summed E-state index contributed by atoms with van der Waals surface area (Å²) in [6.07, 6.45) is 0.976. The molecule has 1 aromatic carbocycles. The SMILES string of the molecule is CNCCc1cc(OC)cc(OC)c1.Cl. The number of benzene rings is 1. The van der Waals surface area contributed by atoms with Crippen LogP contribution in [-0.2, 0) is 6.42 Å². The van der Waals surface area contributed by atoms with E-state index < -0.39 is 0 Å². The van der Waals surface area contributed by atoms with Crippen LogP contribution in [0.5, 0.6) is 11.5 Å². The van der Waals surface area contributed by atoms with Gasteiger partial charge in [-0.2, -0.15) is 0 Å². The highest BCUT2D eigenvalue weighted by molar-refractivity contribution is 5.85. The van der Waals surface area contributed by atoms with Crippen molar-refractivity contribution in [1.29, 1.82) is 0 Å². The van der Waals surface area contributed by atoms with E-state index in [2.05, 4.69) is 5.32 Å². The molecule has 0 fully saturated rings. The maximum absolute atomic E-state index is 5.18. The van der Waals surface area contributed by atoms with Gasteiger partial charge in [0, 0.05) is 6.07 Å². The zero-order chi connectivity index (χ0) is 10.4. The van der Waals surface area contributed by atoms with E-state index in [1.807, 2.05) is 25.2 Å². The van der Waals surface area contributed by atoms with Crippen molar-refractivity contribution in [2.45, 2.75) is 6.42 Å². The molecule has 0 unspecified atom stereocenters. The smallest absolute Gasteiger partial charge is 0.122 e. The van der Waals surface area contributed by atoms with Crippen LogP contribution >= 0.6 is 12.4 Å². The van der Waals surface area contributed by atoms with Crippen LogP contribution in [0.4, 0.5) is 0 Å². The van der Waals surface area contributed by atoms with Crippen LogP contribution in [0, 0.1) is 0 Å². The van der Waals surface area contributed by atoms with Gasteiger partial charge >= 0.3 is 0 Å². The molecule has 0 bridgehead atoms. The van der Waals surface area contributed by atoms with E-state index in [0.29, 0.717) is 0 Å². The molecule has 86 valence electrons. The van der Waals surface area contributed by atoms with Crippen molar-refractivity contribution >= 4 is 12.4 Å². The summed E-state index contributed by atoms with van der Waals surface area (Å²) < 4.78 is 10.4. The fraction of sp³-hybridized carbons (Fsp3) is 0.455. The van der Waals surface area contributed by atoms with E-state index in [1.165, 1.54) is 5.56 Å². The molecule has 1 N–H and O–H groups in total. The number of ether oxygens (including phenoxy) is 2. The molecule has 0 spiro atoms. The van der Waals surface area contributed by atoms with Crippen LogP contribution in [0.15, 0.2) is 18.2 Å². The lowest BCUT2D eigenvalue weighted by molar-refractivity contribution is 0.393. The lowest BCUT2D eigenvalue weighted by Crippen LogP contribution is -2.10. The minimum Gasteiger partial charge on any atom is -0.497 e. The monoisotopic (exact) mass is 231 g/mol. The number of likely N-dealkylation sites (N-methyl/N-ethyl adjacent to an activating group) is 1. The van der Waals surface area contributed by atoms with Gasteiger partial charge in [0.05, 0.1) is 14.2 Å². The fourth-order valence-electron chi connectivity index (χ4n) is 1.28. The predicted molar refractivity (Wildman–Crippen MR) is 64.4 cm³/mol. The van der Waals surface area contributed by atoms with Gasteiger partial charge in [-0.25, -0.2) is 0 Å². The van der Waals surface area contributed by atoms with Crippen molar-refractivity contribution in [2.24, 2.45) is 0 Å². The third-order valence-corrected chi connectivity index (χ3v) is 2.07. The Bertz CT molecular complexity index is 270. The first kappa shape index (κ1) is 14.1. The molecule has 0 aromatic heterocycles. The summed E-state index contributed by atoms with van der Waals surface area (Å²) in [5.74, 6) is 1.69. The Labute approximate surface area is 97.2 Å². The first-order valence-corrected chi connectivity index (χ1v) is 4.66. The number of hydrogen-bond donors (Lipinski definition) is 1. The van der Waals surface area contributed by atoms with E-state index in [0.717, 1.165) is 24.5 Å². The summed E-state index contributed by atoms with van der Waals surface area (Å²) in [7, 11) is 5.27. The molecule has 0 saturated carbocycles. The molecule has 0 aliphatic rings. The van der Waals surface area contributed by atoms with E-state index in [4.69, 9.17) is 9.47 Å². The molecule has 0 aliphatic carbocycles. The summed E-state index contributed by atoms with van der Waals surface area (Å²) in [4.78, 5) is 0. The largest absolute Gasteiger partial charge is 0.497 e. The van der Waals surface area contributed by atoms with Gasteiger partial charge in [-0.05, 0) is 37.7 Å². The van der Waals surface area contributed by atoms with E-state index in [9.17, 15) is 0 Å². The normalized spacial score (nSPS) is 9.27. The van der Waals surface area contributed by atoms with Crippen molar-refractivity contribution < 1.29 is 9.47 Å². The van der Waals surface area contributed by atoms with E-state index >= 15 is 0 Å². The third kappa shape index (κ3) is 4.40. The van der Waals surface area contributed by atoms with E-state index in [-0.39, 0.29) is 12.4 Å². The molecular formula is C11H18ClNO2. The fourth-order valence-corrected chi connectivity index (χ4v) is 1.28. The molecule has 1 aromatic rings. The standard InChI is InChI=1S/C11H17NO2.ClH/c1-12-5-4-9-6-10(13-2)8-11(7-9)14-3;/h6-8,12H,4-5H2,1-3H3;1H. The van der Waals surface area contributed by atoms with Crippen LogP contribution in [0.3, 0.4) is 0 Å². The zero-order valence-corrected chi connectivity index (χ0v) is 10.2. The molecule has 0 saturated heterocycles. The average molecular weight is 232 g/mol. The summed E-state index contributed by atoms with van der Waals surface area (Å²) in [5.41, 5.74) is 1.22. The lowest BCUT2D eigenvalue weighted by Gasteiger charge is -2.07. The Morgan fingerprint density at radius 3 is 2.00 bits per heavy atom. The molecule has 1 rings (SSSR count). The molecule has 15 heavy (non-hydrogen) atoms. The highest BCUT2D eigenvalue weighted by Crippen LogP contribution is 2.22. The van der Waals surface area contributed by atoms with Crippen LogP contribution in [0.25, 0.3) is 0 Å². The van der Waals surface area contributed by atoms with Gasteiger partial charge in [0.15, 0.2) is 0 Å². The van der Waals surface area contributed by atoms with Gasteiger partial charge in [-0.1, -0.05) is 0 Å². The van der Waals surface area contributed by atoms with Gasteiger partial charge in [-0.3, -0.25) is 0 Å². The Morgan fingerprint density at radius 2 is 1.60 bits per heavy atom. The maximum Gasteiger partial charge on any atom is 0.122 e. The van der Waals surface area contributed by atoms with Crippen molar-refractivity contribution in [1.82, 2.24) is 5.32 Å². The number of halogens is 1. The van der Waals surface area contributed by atoms with Crippen LogP contribution in [-0.4, -0.2) is 27.8 Å². The predicted octanol–water partition coefficient (Wildman–Crippen LogP) is 1.89. The van der Waals surface area contributed by atoms with Crippen LogP contribution < -0.4 is 14.8 Å². The maximum atomic E-state index is 5.18. The summed E-state index contributed by atoms with van der Waals surface area (Å²) >= 11 is 0. The molecule has 3 nitrogen and oxygen atoms in total. The second-order valence-electron chi connectivity index (χ2n) is 3.07. The third-order valence-electron chi connectivity index (χ3n) is 2.07. The van der Waals surface area contributed by atoms with Crippen molar-refractivity contribution in [2.75, 3.05) is 27.8 Å². The summed E-state index contributed by atoms with van der Waals surface area (Å²) in [5, 5.41) is 3.11. The van der Waals surface area contributed by atoms with Crippen molar-refractivity contribution in [3.05, 3.63) is 23.8 Å². The second-order valence-corrected chi connectivity index (χ2v) is 3.07. The molecule has 0 amide bonds. The van der Waals surface area contributed by atoms with Gasteiger partial charge < -0.3 is 14.8 Å². The van der Waals surface area contributed by atoms with Crippen LogP contribution in [0.1, 0.15) is 5.56 Å². The zero-order valence-electron chi connectivity index (χ0n) is 9.37. The lowest BCUT2D eigenvalue weighted by atomic mass is 10.1. The molecule has 0 atom stereocenters. The molecule has 4 heteroatoms. The molecule has 0 aliphatic heterocycles. The molecular weight excluding hydrogens is 214 g/mol. The van der Waals surface area contributed by atoms with E-state index in [1.54, 1.807) is 14.2 Å². The van der Waals surface area contributed by atoms with Crippen LogP contribution in [0.2, 0.25) is 0 Å². The minimum absolute atomic E-state index is 0. The first-order chi connectivity index (χ1) is 6.80. The van der Waals surface area contributed by atoms with Gasteiger partial charge in [0.2, 0.25) is 0 Å². The van der Waals surface area contributed by atoms with Gasteiger partial charge in [0.25, 0.3) is 0 Å². The quantitative estimate of drug-likeness (QED) is 0.840. The molecule has 0 heterocycles.